The Hall–Kier alpha value is -2.83. The van der Waals surface area contributed by atoms with Gasteiger partial charge in [-0.25, -0.2) is 0 Å². The Morgan fingerprint density at radius 2 is 1.74 bits per heavy atom. The van der Waals surface area contributed by atoms with Crippen molar-refractivity contribution in [1.82, 2.24) is 4.90 Å². The fourth-order valence-corrected chi connectivity index (χ4v) is 4.77. The molecule has 162 valence electrons. The molecule has 1 atom stereocenters. The van der Waals surface area contributed by atoms with Crippen LogP contribution in [0, 0.1) is 0 Å². The number of fused-ring (bicyclic) bond motifs is 1. The number of amides is 1. The van der Waals surface area contributed by atoms with Crippen molar-refractivity contribution in [1.29, 1.82) is 0 Å². The Kier molecular flexibility index (Phi) is 5.91. The number of carbonyl (C=O) groups is 1. The van der Waals surface area contributed by atoms with Crippen molar-refractivity contribution in [2.24, 2.45) is 0 Å². The summed E-state index contributed by atoms with van der Waals surface area (Å²) in [6.45, 7) is 7.52. The number of piperazine rings is 1. The van der Waals surface area contributed by atoms with E-state index in [1.807, 2.05) is 6.07 Å². The van der Waals surface area contributed by atoms with Crippen LogP contribution in [0.2, 0.25) is 0 Å². The van der Waals surface area contributed by atoms with Crippen LogP contribution in [0.5, 0.6) is 11.5 Å². The van der Waals surface area contributed by atoms with E-state index in [0.29, 0.717) is 19.2 Å². The van der Waals surface area contributed by atoms with Gasteiger partial charge in [0.2, 0.25) is 6.79 Å². The second-order valence-corrected chi connectivity index (χ2v) is 8.72. The van der Waals surface area contributed by atoms with Gasteiger partial charge < -0.3 is 24.2 Å². The summed E-state index contributed by atoms with van der Waals surface area (Å²) in [6, 6.07) is 16.8. The Morgan fingerprint density at radius 1 is 0.935 bits per heavy atom. The third-order valence-electron chi connectivity index (χ3n) is 6.65. The van der Waals surface area contributed by atoms with E-state index in [1.54, 1.807) is 0 Å². The molecule has 6 heteroatoms. The normalized spacial score (nSPS) is 21.1. The lowest BCUT2D eigenvalue weighted by molar-refractivity contribution is -0.918. The number of carbonyl (C=O) groups excluding carboxylic acids is 1. The van der Waals surface area contributed by atoms with Gasteiger partial charge in [-0.15, -0.1) is 0 Å². The minimum Gasteiger partial charge on any atom is -0.454 e. The van der Waals surface area contributed by atoms with Crippen LogP contribution in [0.4, 0.5) is 0 Å². The molecule has 0 aromatic heterocycles. The van der Waals surface area contributed by atoms with E-state index >= 15 is 0 Å². The highest BCUT2D eigenvalue weighted by Gasteiger charge is 2.27. The molecule has 2 aromatic carbocycles. The molecule has 6 nitrogen and oxygen atoms in total. The summed E-state index contributed by atoms with van der Waals surface area (Å²) >= 11 is 0. The molecule has 31 heavy (non-hydrogen) atoms. The van der Waals surface area contributed by atoms with Crippen LogP contribution in [-0.2, 0) is 11.3 Å². The number of ether oxygens (including phenoxy) is 2. The molecule has 1 unspecified atom stereocenters. The zero-order valence-electron chi connectivity index (χ0n) is 17.9. The van der Waals surface area contributed by atoms with E-state index in [1.165, 1.54) is 26.5 Å². The van der Waals surface area contributed by atoms with Crippen molar-refractivity contribution in [3.63, 3.8) is 0 Å². The number of hydrogen-bond acceptors (Lipinski definition) is 3. The minimum atomic E-state index is 0.300. The quantitative estimate of drug-likeness (QED) is 0.716. The average Bonchev–Trinajstić information content (AvgIpc) is 3.29. The molecule has 2 N–H and O–H groups in total. The smallest absolute Gasteiger partial charge is 0.278 e. The third-order valence-corrected chi connectivity index (χ3v) is 6.65. The van der Waals surface area contributed by atoms with Crippen molar-refractivity contribution in [3.05, 3.63) is 65.7 Å². The number of hydrogen-bond donors (Lipinski definition) is 2. The summed E-state index contributed by atoms with van der Waals surface area (Å²) in [5.41, 5.74) is 3.99. The Morgan fingerprint density at radius 3 is 2.52 bits per heavy atom. The topological polar surface area (TPSA) is 47.7 Å². The van der Waals surface area contributed by atoms with Crippen molar-refractivity contribution in [2.45, 2.75) is 13.0 Å². The third kappa shape index (κ3) is 4.75. The maximum atomic E-state index is 12.9. The predicted octanol–water partition coefficient (Wildman–Crippen LogP) is 0.0146. The first kappa shape index (κ1) is 20.1. The second-order valence-electron chi connectivity index (χ2n) is 8.72. The van der Waals surface area contributed by atoms with Gasteiger partial charge in [-0.3, -0.25) is 4.79 Å². The van der Waals surface area contributed by atoms with Crippen molar-refractivity contribution < 1.29 is 24.1 Å². The number of quaternary nitrogens is 2. The van der Waals surface area contributed by atoms with Crippen LogP contribution in [0.1, 0.15) is 17.5 Å². The van der Waals surface area contributed by atoms with Gasteiger partial charge in [0.15, 0.2) is 18.0 Å². The highest BCUT2D eigenvalue weighted by Crippen LogP contribution is 2.32. The van der Waals surface area contributed by atoms with Gasteiger partial charge in [0.1, 0.15) is 6.54 Å². The summed E-state index contributed by atoms with van der Waals surface area (Å²) in [5, 5.41) is 0. The zero-order chi connectivity index (χ0) is 21.0. The first-order valence-corrected chi connectivity index (χ1v) is 11.3. The number of nitrogens with zero attached hydrogens (tertiary/aromatic N) is 1. The number of benzene rings is 2. The van der Waals surface area contributed by atoms with Crippen LogP contribution < -0.4 is 19.3 Å². The lowest BCUT2D eigenvalue weighted by atomic mass is 9.99. The average molecular weight is 422 g/mol. The largest absolute Gasteiger partial charge is 0.454 e. The monoisotopic (exact) mass is 421 g/mol. The van der Waals surface area contributed by atoms with Gasteiger partial charge in [-0.2, -0.15) is 0 Å². The molecule has 0 aliphatic carbocycles. The van der Waals surface area contributed by atoms with E-state index in [4.69, 9.17) is 9.47 Å². The maximum Gasteiger partial charge on any atom is 0.278 e. The summed E-state index contributed by atoms with van der Waals surface area (Å²) in [7, 11) is 0. The highest BCUT2D eigenvalue weighted by atomic mass is 16.7. The Labute approximate surface area is 183 Å². The molecule has 0 spiro atoms. The predicted molar refractivity (Wildman–Crippen MR) is 118 cm³/mol. The van der Waals surface area contributed by atoms with Gasteiger partial charge >= 0.3 is 0 Å². The zero-order valence-corrected chi connectivity index (χ0v) is 17.9. The Balaban J connectivity index is 1.08. The summed E-state index contributed by atoms with van der Waals surface area (Å²) in [4.78, 5) is 17.8. The lowest BCUT2D eigenvalue weighted by Crippen LogP contribution is -3.15. The molecule has 3 heterocycles. The minimum absolute atomic E-state index is 0.300. The van der Waals surface area contributed by atoms with Crippen LogP contribution >= 0.6 is 0 Å². The van der Waals surface area contributed by atoms with Crippen LogP contribution in [0.15, 0.2) is 54.6 Å². The first-order chi connectivity index (χ1) is 15.2. The molecule has 3 aliphatic rings. The summed E-state index contributed by atoms with van der Waals surface area (Å²) in [5.74, 6) is 1.98. The summed E-state index contributed by atoms with van der Waals surface area (Å²) in [6.07, 6.45) is 3.36. The number of nitrogens with one attached hydrogen (secondary N) is 2. The molecule has 0 saturated carbocycles. The van der Waals surface area contributed by atoms with Crippen LogP contribution in [0.25, 0.3) is 5.57 Å². The standard InChI is InChI=1S/C25H29N3O3/c29-25(18-26-10-8-22(9-11-26)21-4-2-1-3-5-21)28-14-12-27(13-15-28)17-20-6-7-23-24(16-20)31-19-30-23/h1-8,16H,9-15,17-19H2/p+2. The fourth-order valence-electron chi connectivity index (χ4n) is 4.77. The molecule has 1 amide bonds. The van der Waals surface area contributed by atoms with Crippen LogP contribution in [0.3, 0.4) is 0 Å². The molecule has 5 rings (SSSR count). The summed E-state index contributed by atoms with van der Waals surface area (Å²) < 4.78 is 10.9. The highest BCUT2D eigenvalue weighted by molar-refractivity contribution is 5.77. The Bertz CT molecular complexity index is 952. The van der Waals surface area contributed by atoms with Crippen molar-refractivity contribution in [2.75, 3.05) is 52.6 Å². The molecule has 1 fully saturated rings. The molecule has 0 bridgehead atoms. The molecular weight excluding hydrogens is 390 g/mol. The van der Waals surface area contributed by atoms with E-state index < -0.39 is 0 Å². The van der Waals surface area contributed by atoms with Gasteiger partial charge in [-0.1, -0.05) is 30.3 Å². The van der Waals surface area contributed by atoms with E-state index in [9.17, 15) is 4.79 Å². The molecular formula is C25H31N3O3+2. The van der Waals surface area contributed by atoms with Gasteiger partial charge in [-0.05, 0) is 35.4 Å². The van der Waals surface area contributed by atoms with Crippen LogP contribution in [-0.4, -0.2) is 63.4 Å². The fraction of sp³-hybridized carbons (Fsp3) is 0.400. The molecule has 2 aromatic rings. The molecule has 1 saturated heterocycles. The number of rotatable bonds is 5. The van der Waals surface area contributed by atoms with Gasteiger partial charge in [0, 0.05) is 12.0 Å². The molecule has 0 radical (unpaired) electrons. The van der Waals surface area contributed by atoms with Crippen molar-refractivity contribution in [3.8, 4) is 11.5 Å². The second kappa shape index (κ2) is 9.12. The van der Waals surface area contributed by atoms with Gasteiger partial charge in [0.25, 0.3) is 5.91 Å². The molecule has 3 aliphatic heterocycles. The van der Waals surface area contributed by atoms with E-state index in [2.05, 4.69) is 53.4 Å². The SMILES string of the molecule is O=C(C[NH+]1CC=C(c2ccccc2)CC1)N1CC[NH+](Cc2ccc3c(c2)OCO3)CC1. The first-order valence-electron chi connectivity index (χ1n) is 11.3. The van der Waals surface area contributed by atoms with E-state index in [-0.39, 0.29) is 0 Å². The van der Waals surface area contributed by atoms with E-state index in [0.717, 1.165) is 63.7 Å². The lowest BCUT2D eigenvalue weighted by Gasteiger charge is -2.33. The maximum absolute atomic E-state index is 12.9. The van der Waals surface area contributed by atoms with Gasteiger partial charge in [0.05, 0.1) is 39.3 Å². The van der Waals surface area contributed by atoms with Crippen molar-refractivity contribution >= 4 is 11.5 Å².